The lowest BCUT2D eigenvalue weighted by atomic mass is 10.0. The van der Waals surface area contributed by atoms with Gasteiger partial charge in [-0.3, -0.25) is 9.59 Å². The minimum Gasteiger partial charge on any atom is -0.460 e. The Labute approximate surface area is 176 Å². The van der Waals surface area contributed by atoms with Crippen molar-refractivity contribution in [3.05, 3.63) is 35.9 Å². The number of aliphatic hydroxyl groups excluding tert-OH is 1. The molecule has 0 aromatic heterocycles. The maximum Gasteiger partial charge on any atom is 0.407 e. The summed E-state index contributed by atoms with van der Waals surface area (Å²) in [5.41, 5.74) is 0.00452. The summed E-state index contributed by atoms with van der Waals surface area (Å²) in [5, 5.41) is 14.7. The van der Waals surface area contributed by atoms with Gasteiger partial charge in [-0.25, -0.2) is 9.18 Å². The molecule has 0 aliphatic carbocycles. The van der Waals surface area contributed by atoms with E-state index < -0.39 is 48.4 Å². The molecule has 1 aromatic carbocycles. The number of aliphatic hydroxyl groups is 1. The number of ether oxygens (including phenoxy) is 2. The van der Waals surface area contributed by atoms with E-state index in [4.69, 9.17) is 9.47 Å². The number of rotatable bonds is 10. The van der Waals surface area contributed by atoms with Crippen molar-refractivity contribution in [1.82, 2.24) is 10.6 Å². The highest BCUT2D eigenvalue weighted by atomic mass is 19.1. The molecular weight excluding hydrogens is 395 g/mol. The first-order valence-electron chi connectivity index (χ1n) is 9.82. The highest BCUT2D eigenvalue weighted by Crippen LogP contribution is 2.13. The van der Waals surface area contributed by atoms with Gasteiger partial charge in [-0.1, -0.05) is 43.7 Å². The summed E-state index contributed by atoms with van der Waals surface area (Å²) in [7, 11) is 0. The van der Waals surface area contributed by atoms with Crippen LogP contribution in [0.2, 0.25) is 0 Å². The van der Waals surface area contributed by atoms with Crippen LogP contribution in [0.15, 0.2) is 30.3 Å². The van der Waals surface area contributed by atoms with Gasteiger partial charge < -0.3 is 25.2 Å². The van der Waals surface area contributed by atoms with Gasteiger partial charge in [-0.2, -0.15) is 0 Å². The normalized spacial score (nSPS) is 14.2. The zero-order valence-electron chi connectivity index (χ0n) is 17.8. The maximum atomic E-state index is 14.4. The van der Waals surface area contributed by atoms with E-state index in [0.29, 0.717) is 6.42 Å². The summed E-state index contributed by atoms with van der Waals surface area (Å²) in [6.07, 6.45) is -4.22. The highest BCUT2D eigenvalue weighted by Gasteiger charge is 2.34. The topological polar surface area (TPSA) is 114 Å². The van der Waals surface area contributed by atoms with Crippen molar-refractivity contribution in [3.63, 3.8) is 0 Å². The Bertz CT molecular complexity index is 692. The average molecular weight is 426 g/mol. The molecule has 0 saturated heterocycles. The molecule has 0 heterocycles. The van der Waals surface area contributed by atoms with Crippen LogP contribution in [-0.2, 0) is 25.7 Å². The van der Waals surface area contributed by atoms with E-state index in [1.54, 1.807) is 52.0 Å². The van der Waals surface area contributed by atoms with Gasteiger partial charge in [0.25, 0.3) is 5.91 Å². The van der Waals surface area contributed by atoms with Crippen LogP contribution in [0.1, 0.15) is 46.1 Å². The molecule has 0 spiro atoms. The lowest BCUT2D eigenvalue weighted by Crippen LogP contribution is -2.52. The Morgan fingerprint density at radius 1 is 1.17 bits per heavy atom. The molecule has 9 heteroatoms. The van der Waals surface area contributed by atoms with Crippen molar-refractivity contribution in [2.45, 2.75) is 71.1 Å². The number of benzene rings is 1. The molecule has 1 rings (SSSR count). The minimum absolute atomic E-state index is 0.0234. The van der Waals surface area contributed by atoms with Gasteiger partial charge in [-0.15, -0.1) is 0 Å². The van der Waals surface area contributed by atoms with Gasteiger partial charge in [0, 0.05) is 0 Å². The largest absolute Gasteiger partial charge is 0.460 e. The maximum absolute atomic E-state index is 14.4. The van der Waals surface area contributed by atoms with E-state index in [2.05, 4.69) is 10.6 Å². The van der Waals surface area contributed by atoms with E-state index >= 15 is 0 Å². The second kappa shape index (κ2) is 12.1. The van der Waals surface area contributed by atoms with Crippen LogP contribution in [0.25, 0.3) is 0 Å². The second-order valence-electron chi connectivity index (χ2n) is 7.80. The molecule has 30 heavy (non-hydrogen) atoms. The van der Waals surface area contributed by atoms with Crippen molar-refractivity contribution >= 4 is 18.0 Å². The monoisotopic (exact) mass is 426 g/mol. The van der Waals surface area contributed by atoms with Gasteiger partial charge in [0.05, 0.1) is 6.04 Å². The molecule has 8 nitrogen and oxygen atoms in total. The Balaban J connectivity index is 2.52. The summed E-state index contributed by atoms with van der Waals surface area (Å²) < 4.78 is 24.5. The highest BCUT2D eigenvalue weighted by molar-refractivity contribution is 5.85. The fourth-order valence-electron chi connectivity index (χ4n) is 2.50. The number of amides is 2. The lowest BCUT2D eigenvalue weighted by Gasteiger charge is -2.27. The van der Waals surface area contributed by atoms with E-state index in [-0.39, 0.29) is 13.0 Å². The number of nitrogens with one attached hydrogen (secondary N) is 2. The summed E-state index contributed by atoms with van der Waals surface area (Å²) in [6.45, 7) is 6.26. The number of carbonyl (C=O) groups is 3. The fraction of sp³-hybridized carbons (Fsp3) is 0.571. The summed E-state index contributed by atoms with van der Waals surface area (Å²) in [5.74, 6) is -1.92. The van der Waals surface area contributed by atoms with Crippen LogP contribution in [0.3, 0.4) is 0 Å². The van der Waals surface area contributed by atoms with Crippen molar-refractivity contribution in [2.24, 2.45) is 0 Å². The third kappa shape index (κ3) is 9.69. The van der Waals surface area contributed by atoms with Gasteiger partial charge in [0.15, 0.2) is 0 Å². The van der Waals surface area contributed by atoms with Gasteiger partial charge in [0.1, 0.15) is 24.9 Å². The number of carbonyl (C=O) groups excluding carboxylic acids is 3. The summed E-state index contributed by atoms with van der Waals surface area (Å²) in [6, 6.07) is 7.91. The molecule has 0 aliphatic heterocycles. The van der Waals surface area contributed by atoms with Crippen LogP contribution in [0, 0.1) is 0 Å². The molecule has 0 saturated carbocycles. The quantitative estimate of drug-likeness (QED) is 0.495. The van der Waals surface area contributed by atoms with Crippen molar-refractivity contribution < 1.29 is 33.4 Å². The van der Waals surface area contributed by atoms with Gasteiger partial charge in [-0.05, 0) is 32.8 Å². The molecule has 0 bridgehead atoms. The first-order chi connectivity index (χ1) is 14.0. The fourth-order valence-corrected chi connectivity index (χ4v) is 2.50. The number of halogens is 1. The molecular formula is C21H31FN2O6. The molecule has 0 fully saturated rings. The first-order valence-corrected chi connectivity index (χ1v) is 9.82. The van der Waals surface area contributed by atoms with E-state index in [9.17, 15) is 23.9 Å². The third-order valence-electron chi connectivity index (χ3n) is 3.91. The molecule has 0 radical (unpaired) electrons. The molecule has 1 aromatic rings. The minimum atomic E-state index is -2.35. The summed E-state index contributed by atoms with van der Waals surface area (Å²) >= 11 is 0. The molecule has 168 valence electrons. The third-order valence-corrected chi connectivity index (χ3v) is 3.91. The molecule has 2 amide bonds. The standard InChI is InChI=1S/C21H31FN2O6/c1-5-9-15(24-20(28)30-21(2,3)4)18(26)17(22)19(27)23-12-16(25)29-13-14-10-7-6-8-11-14/h6-8,10-11,15,17-18,26H,5,9,12-13H2,1-4H3,(H,23,27)(H,24,28)/t15-,17?,18?/m0/s1. The average Bonchev–Trinajstić information content (AvgIpc) is 2.68. The number of esters is 1. The van der Waals surface area contributed by atoms with Gasteiger partial charge in [0.2, 0.25) is 6.17 Å². The Kier molecular flexibility index (Phi) is 10.2. The SMILES string of the molecule is CCC[C@H](NC(=O)OC(C)(C)C)C(O)C(F)C(=O)NCC(=O)OCc1ccccc1. The van der Waals surface area contributed by atoms with Crippen LogP contribution in [0.5, 0.6) is 0 Å². The molecule has 2 unspecified atom stereocenters. The Hall–Kier alpha value is -2.68. The summed E-state index contributed by atoms with van der Waals surface area (Å²) in [4.78, 5) is 35.6. The first kappa shape index (κ1) is 25.4. The Morgan fingerprint density at radius 3 is 2.37 bits per heavy atom. The van der Waals surface area contributed by atoms with Crippen LogP contribution in [0.4, 0.5) is 9.18 Å². The van der Waals surface area contributed by atoms with Crippen LogP contribution in [-0.4, -0.2) is 53.5 Å². The van der Waals surface area contributed by atoms with Gasteiger partial charge >= 0.3 is 12.1 Å². The lowest BCUT2D eigenvalue weighted by molar-refractivity contribution is -0.146. The zero-order chi connectivity index (χ0) is 22.7. The van der Waals surface area contributed by atoms with E-state index in [0.717, 1.165) is 5.56 Å². The predicted octanol–water partition coefficient (Wildman–Crippen LogP) is 2.24. The van der Waals surface area contributed by atoms with Crippen LogP contribution < -0.4 is 10.6 Å². The van der Waals surface area contributed by atoms with Crippen molar-refractivity contribution in [1.29, 1.82) is 0 Å². The second-order valence-corrected chi connectivity index (χ2v) is 7.80. The van der Waals surface area contributed by atoms with E-state index in [1.807, 2.05) is 6.07 Å². The number of hydrogen-bond acceptors (Lipinski definition) is 6. The van der Waals surface area contributed by atoms with Crippen molar-refractivity contribution in [2.75, 3.05) is 6.54 Å². The Morgan fingerprint density at radius 2 is 1.80 bits per heavy atom. The predicted molar refractivity (Wildman–Crippen MR) is 108 cm³/mol. The van der Waals surface area contributed by atoms with Crippen LogP contribution >= 0.6 is 0 Å². The molecule has 3 atom stereocenters. The number of hydrogen-bond donors (Lipinski definition) is 3. The van der Waals surface area contributed by atoms with Crippen molar-refractivity contribution in [3.8, 4) is 0 Å². The smallest absolute Gasteiger partial charge is 0.407 e. The molecule has 0 aliphatic rings. The molecule has 3 N–H and O–H groups in total. The number of alkyl carbamates (subject to hydrolysis) is 1. The number of alkyl halides is 1. The zero-order valence-corrected chi connectivity index (χ0v) is 17.8. The van der Waals surface area contributed by atoms with E-state index in [1.165, 1.54) is 0 Å².